The van der Waals surface area contributed by atoms with Crippen LogP contribution in [-0.2, 0) is 11.2 Å². The predicted molar refractivity (Wildman–Crippen MR) is 115 cm³/mol. The molecule has 0 unspecified atom stereocenters. The second kappa shape index (κ2) is 10.0. The van der Waals surface area contributed by atoms with Gasteiger partial charge in [-0.1, -0.05) is 23.7 Å². The Bertz CT molecular complexity index is 901. The summed E-state index contributed by atoms with van der Waals surface area (Å²) < 4.78 is 10.7. The van der Waals surface area contributed by atoms with E-state index in [-0.39, 0.29) is 12.7 Å². The minimum absolute atomic E-state index is 0.112. The van der Waals surface area contributed by atoms with Gasteiger partial charge in [-0.2, -0.15) is 0 Å². The quantitative estimate of drug-likeness (QED) is 0.477. The first-order valence-corrected chi connectivity index (χ1v) is 9.82. The van der Waals surface area contributed by atoms with E-state index in [4.69, 9.17) is 21.1 Å². The number of benzene rings is 2. The maximum atomic E-state index is 12.1. The lowest BCUT2D eigenvalue weighted by Gasteiger charge is -2.12. The molecule has 0 atom stereocenters. The normalized spacial score (nSPS) is 12.6. The summed E-state index contributed by atoms with van der Waals surface area (Å²) in [6, 6.07) is 11.5. The largest absolute Gasteiger partial charge is 0.454 e. The van der Waals surface area contributed by atoms with Gasteiger partial charge >= 0.3 is 0 Å². The molecule has 0 aliphatic carbocycles. The average Bonchev–Trinajstić information content (AvgIpc) is 3.17. The summed E-state index contributed by atoms with van der Waals surface area (Å²) in [4.78, 5) is 16.3. The van der Waals surface area contributed by atoms with Crippen molar-refractivity contribution in [2.75, 3.05) is 32.2 Å². The number of aryl methyl sites for hydroxylation is 1. The van der Waals surface area contributed by atoms with E-state index in [1.165, 1.54) is 0 Å². The number of fused-ring (bicyclic) bond motifs is 1. The maximum absolute atomic E-state index is 12.1. The molecule has 1 aliphatic rings. The maximum Gasteiger partial charge on any atom is 0.231 e. The summed E-state index contributed by atoms with van der Waals surface area (Å²) in [6.45, 7) is 3.38. The molecule has 0 aromatic heterocycles. The first-order valence-electron chi connectivity index (χ1n) is 9.44. The molecule has 0 spiro atoms. The number of carbonyl (C=O) groups excluding carboxylic acids is 1. The number of carbonyl (C=O) groups is 1. The number of nitrogens with zero attached hydrogens (tertiary/aromatic N) is 1. The summed E-state index contributed by atoms with van der Waals surface area (Å²) in [7, 11) is 1.70. The fourth-order valence-corrected chi connectivity index (χ4v) is 3.15. The molecule has 0 bridgehead atoms. The molecule has 0 saturated heterocycles. The van der Waals surface area contributed by atoms with Crippen LogP contribution < -0.4 is 25.4 Å². The van der Waals surface area contributed by atoms with Gasteiger partial charge in [0.2, 0.25) is 12.7 Å². The molecule has 3 rings (SSSR count). The topological polar surface area (TPSA) is 84.0 Å². The number of anilines is 1. The molecule has 2 aromatic rings. The van der Waals surface area contributed by atoms with E-state index in [1.54, 1.807) is 13.1 Å². The number of halogens is 1. The van der Waals surface area contributed by atoms with Gasteiger partial charge in [0.05, 0.1) is 10.7 Å². The van der Waals surface area contributed by atoms with E-state index >= 15 is 0 Å². The Morgan fingerprint density at radius 3 is 2.69 bits per heavy atom. The summed E-state index contributed by atoms with van der Waals surface area (Å²) in [5.41, 5.74) is 2.81. The number of ether oxygens (including phenoxy) is 2. The summed E-state index contributed by atoms with van der Waals surface area (Å²) in [6.07, 6.45) is 1.11. The summed E-state index contributed by atoms with van der Waals surface area (Å²) >= 11 is 6.15. The number of nitrogens with one attached hydrogen (secondary N) is 3. The predicted octanol–water partition coefficient (Wildman–Crippen LogP) is 3.11. The van der Waals surface area contributed by atoms with Gasteiger partial charge in [0.15, 0.2) is 17.5 Å². The van der Waals surface area contributed by atoms with E-state index in [0.29, 0.717) is 36.2 Å². The smallest absolute Gasteiger partial charge is 0.231 e. The highest BCUT2D eigenvalue weighted by atomic mass is 35.5. The lowest BCUT2D eigenvalue weighted by molar-refractivity contribution is -0.116. The van der Waals surface area contributed by atoms with E-state index < -0.39 is 0 Å². The Labute approximate surface area is 175 Å². The van der Waals surface area contributed by atoms with Crippen LogP contribution in [0.3, 0.4) is 0 Å². The number of guanidine groups is 1. The molecule has 0 saturated carbocycles. The molecule has 2 aromatic carbocycles. The molecule has 29 heavy (non-hydrogen) atoms. The van der Waals surface area contributed by atoms with Crippen molar-refractivity contribution >= 4 is 29.2 Å². The van der Waals surface area contributed by atoms with Crippen LogP contribution in [0, 0.1) is 6.92 Å². The van der Waals surface area contributed by atoms with Gasteiger partial charge in [-0.05, 0) is 48.7 Å². The summed E-state index contributed by atoms with van der Waals surface area (Å²) in [5.74, 6) is 2.10. The van der Waals surface area contributed by atoms with Crippen molar-refractivity contribution in [2.45, 2.75) is 19.8 Å². The summed E-state index contributed by atoms with van der Waals surface area (Å²) in [5, 5.41) is 9.73. The SMILES string of the molecule is CN=C(NCCC(=O)Nc1ccc(C)cc1Cl)NCCc1ccc2c(c1)OCO2. The third-order valence-corrected chi connectivity index (χ3v) is 4.72. The van der Waals surface area contributed by atoms with Gasteiger partial charge in [0.1, 0.15) is 0 Å². The molecule has 8 heteroatoms. The Kier molecular flexibility index (Phi) is 7.19. The van der Waals surface area contributed by atoms with Crippen LogP contribution in [0.2, 0.25) is 5.02 Å². The molecular formula is C21H25ClN4O3. The molecule has 1 amide bonds. The minimum Gasteiger partial charge on any atom is -0.454 e. The van der Waals surface area contributed by atoms with Crippen LogP contribution in [0.25, 0.3) is 0 Å². The van der Waals surface area contributed by atoms with Gasteiger partial charge in [-0.3, -0.25) is 9.79 Å². The second-order valence-electron chi connectivity index (χ2n) is 6.64. The zero-order valence-corrected chi connectivity index (χ0v) is 17.3. The zero-order chi connectivity index (χ0) is 20.6. The van der Waals surface area contributed by atoms with E-state index in [1.807, 2.05) is 37.3 Å². The van der Waals surface area contributed by atoms with Crippen LogP contribution in [0.4, 0.5) is 5.69 Å². The van der Waals surface area contributed by atoms with E-state index in [2.05, 4.69) is 20.9 Å². The van der Waals surface area contributed by atoms with E-state index in [9.17, 15) is 4.79 Å². The number of amides is 1. The number of rotatable bonds is 7. The van der Waals surface area contributed by atoms with Crippen molar-refractivity contribution in [2.24, 2.45) is 4.99 Å². The van der Waals surface area contributed by atoms with Crippen molar-refractivity contribution in [1.82, 2.24) is 10.6 Å². The second-order valence-corrected chi connectivity index (χ2v) is 7.05. The first kappa shape index (κ1) is 20.8. The van der Waals surface area contributed by atoms with Crippen molar-refractivity contribution in [3.05, 3.63) is 52.5 Å². The van der Waals surface area contributed by atoms with Crippen molar-refractivity contribution in [3.63, 3.8) is 0 Å². The van der Waals surface area contributed by atoms with Crippen molar-refractivity contribution in [1.29, 1.82) is 0 Å². The van der Waals surface area contributed by atoms with Crippen LogP contribution in [-0.4, -0.2) is 38.8 Å². The van der Waals surface area contributed by atoms with Crippen molar-refractivity contribution in [3.8, 4) is 11.5 Å². The van der Waals surface area contributed by atoms with Crippen LogP contribution in [0.15, 0.2) is 41.4 Å². The highest BCUT2D eigenvalue weighted by molar-refractivity contribution is 6.33. The van der Waals surface area contributed by atoms with Gasteiger partial charge < -0.3 is 25.4 Å². The molecule has 3 N–H and O–H groups in total. The Morgan fingerprint density at radius 1 is 1.10 bits per heavy atom. The molecule has 7 nitrogen and oxygen atoms in total. The lowest BCUT2D eigenvalue weighted by atomic mass is 10.1. The van der Waals surface area contributed by atoms with Gasteiger partial charge in [0, 0.05) is 26.6 Å². The lowest BCUT2D eigenvalue weighted by Crippen LogP contribution is -2.39. The van der Waals surface area contributed by atoms with Crippen LogP contribution in [0.1, 0.15) is 17.5 Å². The van der Waals surface area contributed by atoms with Gasteiger partial charge in [-0.15, -0.1) is 0 Å². The van der Waals surface area contributed by atoms with Gasteiger partial charge in [-0.25, -0.2) is 0 Å². The molecular weight excluding hydrogens is 392 g/mol. The Morgan fingerprint density at radius 2 is 1.90 bits per heavy atom. The standard InChI is InChI=1S/C21H25ClN4O3/c1-14-3-5-17(16(22)11-14)26-20(27)8-10-25-21(23-2)24-9-7-15-4-6-18-19(12-15)29-13-28-18/h3-6,11-12H,7-10,13H2,1-2H3,(H,26,27)(H2,23,24,25). The average molecular weight is 417 g/mol. The fraction of sp³-hybridized carbons (Fsp3) is 0.333. The molecule has 0 radical (unpaired) electrons. The monoisotopic (exact) mass is 416 g/mol. The molecule has 1 aliphatic heterocycles. The fourth-order valence-electron chi connectivity index (χ4n) is 2.87. The first-order chi connectivity index (χ1) is 14.0. The zero-order valence-electron chi connectivity index (χ0n) is 16.5. The highest BCUT2D eigenvalue weighted by Gasteiger charge is 2.13. The number of hydrogen-bond acceptors (Lipinski definition) is 4. The Balaban J connectivity index is 1.37. The number of hydrogen-bond donors (Lipinski definition) is 3. The third kappa shape index (κ3) is 6.02. The molecule has 0 fully saturated rings. The van der Waals surface area contributed by atoms with Gasteiger partial charge in [0.25, 0.3) is 0 Å². The van der Waals surface area contributed by atoms with Crippen molar-refractivity contribution < 1.29 is 14.3 Å². The van der Waals surface area contributed by atoms with Crippen LogP contribution in [0.5, 0.6) is 11.5 Å². The number of aliphatic imine (C=N–C) groups is 1. The molecule has 154 valence electrons. The van der Waals surface area contributed by atoms with E-state index in [0.717, 1.165) is 29.0 Å². The minimum atomic E-state index is -0.112. The Hall–Kier alpha value is -2.93. The highest BCUT2D eigenvalue weighted by Crippen LogP contribution is 2.32. The molecule has 1 heterocycles. The third-order valence-electron chi connectivity index (χ3n) is 4.41. The van der Waals surface area contributed by atoms with Crippen LogP contribution >= 0.6 is 11.6 Å².